The minimum atomic E-state index is -0.633. The first kappa shape index (κ1) is 17.2. The van der Waals surface area contributed by atoms with Crippen molar-refractivity contribution in [3.8, 4) is 0 Å². The van der Waals surface area contributed by atoms with Crippen molar-refractivity contribution in [1.82, 2.24) is 0 Å². The number of esters is 2. The summed E-state index contributed by atoms with van der Waals surface area (Å²) < 4.78 is 11.0. The maximum absolute atomic E-state index is 12.0. The van der Waals surface area contributed by atoms with Crippen LogP contribution < -0.4 is 0 Å². The van der Waals surface area contributed by atoms with E-state index in [1.54, 1.807) is 13.8 Å². The third kappa shape index (κ3) is 2.50. The normalized spacial score (nSPS) is 41.7. The lowest BCUT2D eigenvalue weighted by Gasteiger charge is -2.53. The number of fused-ring (bicyclic) bond motifs is 2. The molecular formula is C19H26O5. The Hall–Kier alpha value is -1.62. The van der Waals surface area contributed by atoms with Crippen molar-refractivity contribution in [1.29, 1.82) is 0 Å². The van der Waals surface area contributed by atoms with E-state index >= 15 is 0 Å². The standard InChI is InChI=1S/C19H26O5/c1-9(2)17(21)23-14-7-16(20)19(5)8-15-12(6-13(19)11(14)4)10(3)18(22)24-15/h9,12-16,20H,3-4,6-8H2,1-2,5H3/t12-,13-,14-,15-,16+,19-/m1/s1. The van der Waals surface area contributed by atoms with Gasteiger partial charge in [-0.25, -0.2) is 4.79 Å². The van der Waals surface area contributed by atoms with E-state index in [-0.39, 0.29) is 35.8 Å². The van der Waals surface area contributed by atoms with E-state index in [0.717, 1.165) is 5.57 Å². The molecule has 1 saturated heterocycles. The maximum Gasteiger partial charge on any atom is 0.334 e. The first-order valence-electron chi connectivity index (χ1n) is 8.62. The molecule has 5 nitrogen and oxygen atoms in total. The zero-order valence-corrected chi connectivity index (χ0v) is 14.6. The minimum absolute atomic E-state index is 0.0290. The van der Waals surface area contributed by atoms with Gasteiger partial charge >= 0.3 is 11.9 Å². The van der Waals surface area contributed by atoms with Gasteiger partial charge in [0.15, 0.2) is 0 Å². The zero-order valence-electron chi connectivity index (χ0n) is 14.6. The van der Waals surface area contributed by atoms with Gasteiger partial charge in [0, 0.05) is 23.3 Å². The molecule has 1 N–H and O–H groups in total. The van der Waals surface area contributed by atoms with Crippen LogP contribution in [0.25, 0.3) is 0 Å². The third-order valence-corrected chi connectivity index (χ3v) is 6.13. The molecule has 3 rings (SSSR count). The Labute approximate surface area is 142 Å². The van der Waals surface area contributed by atoms with E-state index in [2.05, 4.69) is 13.2 Å². The van der Waals surface area contributed by atoms with Crippen molar-refractivity contribution >= 4 is 11.9 Å². The van der Waals surface area contributed by atoms with Crippen LogP contribution in [0.1, 0.15) is 40.0 Å². The van der Waals surface area contributed by atoms with Gasteiger partial charge in [0.25, 0.3) is 0 Å². The van der Waals surface area contributed by atoms with Crippen molar-refractivity contribution in [2.45, 2.75) is 58.3 Å². The Morgan fingerprint density at radius 3 is 2.67 bits per heavy atom. The monoisotopic (exact) mass is 334 g/mol. The highest BCUT2D eigenvalue weighted by Crippen LogP contribution is 2.57. The summed E-state index contributed by atoms with van der Waals surface area (Å²) in [5.74, 6) is -0.915. The molecule has 3 fully saturated rings. The Kier molecular flexibility index (Phi) is 4.11. The summed E-state index contributed by atoms with van der Waals surface area (Å²) in [7, 11) is 0. The number of aliphatic hydroxyl groups excluding tert-OH is 1. The van der Waals surface area contributed by atoms with Gasteiger partial charge in [-0.05, 0) is 24.3 Å². The molecule has 1 aliphatic heterocycles. The van der Waals surface area contributed by atoms with Gasteiger partial charge in [-0.1, -0.05) is 33.9 Å². The zero-order chi connectivity index (χ0) is 17.8. The second-order valence-corrected chi connectivity index (χ2v) is 7.98. The second-order valence-electron chi connectivity index (χ2n) is 7.98. The number of hydrogen-bond donors (Lipinski definition) is 1. The molecule has 0 aromatic rings. The quantitative estimate of drug-likeness (QED) is 0.477. The van der Waals surface area contributed by atoms with Crippen LogP contribution in [-0.4, -0.2) is 35.4 Å². The molecule has 0 aromatic carbocycles. The molecule has 0 aromatic heterocycles. The Morgan fingerprint density at radius 1 is 1.38 bits per heavy atom. The fraction of sp³-hybridized carbons (Fsp3) is 0.684. The summed E-state index contributed by atoms with van der Waals surface area (Å²) in [6.07, 6.45) is 0.247. The van der Waals surface area contributed by atoms with Crippen LogP contribution in [-0.2, 0) is 19.1 Å². The number of carbonyl (C=O) groups is 2. The molecule has 132 valence electrons. The van der Waals surface area contributed by atoms with E-state index in [1.165, 1.54) is 0 Å². The molecule has 0 unspecified atom stereocenters. The van der Waals surface area contributed by atoms with Gasteiger partial charge < -0.3 is 14.6 Å². The van der Waals surface area contributed by atoms with Gasteiger partial charge in [-0.3, -0.25) is 4.79 Å². The highest BCUT2D eigenvalue weighted by Gasteiger charge is 2.58. The summed E-state index contributed by atoms with van der Waals surface area (Å²) in [4.78, 5) is 23.8. The Bertz CT molecular complexity index is 607. The van der Waals surface area contributed by atoms with E-state index in [1.807, 2.05) is 6.92 Å². The number of carbonyl (C=O) groups excluding carboxylic acids is 2. The first-order valence-corrected chi connectivity index (χ1v) is 8.62. The minimum Gasteiger partial charge on any atom is -0.458 e. The van der Waals surface area contributed by atoms with Gasteiger partial charge in [-0.2, -0.15) is 0 Å². The van der Waals surface area contributed by atoms with E-state index in [4.69, 9.17) is 9.47 Å². The van der Waals surface area contributed by atoms with Crippen LogP contribution in [0.5, 0.6) is 0 Å². The van der Waals surface area contributed by atoms with E-state index < -0.39 is 17.6 Å². The number of hydrogen-bond acceptors (Lipinski definition) is 5. The third-order valence-electron chi connectivity index (χ3n) is 6.13. The largest absolute Gasteiger partial charge is 0.458 e. The topological polar surface area (TPSA) is 72.8 Å². The number of rotatable bonds is 2. The van der Waals surface area contributed by atoms with Crippen molar-refractivity contribution in [2.75, 3.05) is 0 Å². The number of ether oxygens (including phenoxy) is 2. The summed E-state index contributed by atoms with van der Waals surface area (Å²) >= 11 is 0. The predicted octanol–water partition coefficient (Wildman–Crippen LogP) is 2.39. The molecule has 2 aliphatic carbocycles. The predicted molar refractivity (Wildman–Crippen MR) is 87.8 cm³/mol. The lowest BCUT2D eigenvalue weighted by atomic mass is 9.54. The lowest BCUT2D eigenvalue weighted by molar-refractivity contribution is -0.163. The summed E-state index contributed by atoms with van der Waals surface area (Å²) in [6, 6.07) is 0. The molecule has 1 heterocycles. The average molecular weight is 334 g/mol. The summed E-state index contributed by atoms with van der Waals surface area (Å²) in [5, 5.41) is 10.8. The second kappa shape index (κ2) is 5.73. The molecule has 0 bridgehead atoms. The molecular weight excluding hydrogens is 308 g/mol. The fourth-order valence-corrected chi connectivity index (χ4v) is 4.44. The molecule has 0 amide bonds. The van der Waals surface area contributed by atoms with Crippen LogP contribution in [0.2, 0.25) is 0 Å². The van der Waals surface area contributed by atoms with Crippen molar-refractivity contribution in [3.63, 3.8) is 0 Å². The van der Waals surface area contributed by atoms with Crippen molar-refractivity contribution in [2.24, 2.45) is 23.2 Å². The van der Waals surface area contributed by atoms with Gasteiger partial charge in [0.2, 0.25) is 0 Å². The van der Waals surface area contributed by atoms with Crippen molar-refractivity contribution < 1.29 is 24.2 Å². The molecule has 6 atom stereocenters. The maximum atomic E-state index is 12.0. The molecule has 24 heavy (non-hydrogen) atoms. The molecule has 0 spiro atoms. The summed E-state index contributed by atoms with van der Waals surface area (Å²) in [5.41, 5.74) is 0.914. The average Bonchev–Trinajstić information content (AvgIpc) is 2.77. The highest BCUT2D eigenvalue weighted by molar-refractivity contribution is 5.90. The summed E-state index contributed by atoms with van der Waals surface area (Å²) in [6.45, 7) is 13.6. The fourth-order valence-electron chi connectivity index (χ4n) is 4.44. The van der Waals surface area contributed by atoms with Crippen molar-refractivity contribution in [3.05, 3.63) is 24.3 Å². The number of aliphatic hydroxyl groups is 1. The molecule has 2 saturated carbocycles. The Balaban J connectivity index is 1.84. The van der Waals surface area contributed by atoms with Crippen LogP contribution in [0.4, 0.5) is 0 Å². The smallest absolute Gasteiger partial charge is 0.334 e. The first-order chi connectivity index (χ1) is 11.1. The Morgan fingerprint density at radius 2 is 2.04 bits per heavy atom. The van der Waals surface area contributed by atoms with Crippen LogP contribution in [0.3, 0.4) is 0 Å². The molecule has 0 radical (unpaired) electrons. The van der Waals surface area contributed by atoms with Crippen LogP contribution >= 0.6 is 0 Å². The van der Waals surface area contributed by atoms with Gasteiger partial charge in [-0.15, -0.1) is 0 Å². The van der Waals surface area contributed by atoms with Gasteiger partial charge in [0.05, 0.1) is 12.0 Å². The molecule has 5 heteroatoms. The highest BCUT2D eigenvalue weighted by atomic mass is 16.6. The van der Waals surface area contributed by atoms with Gasteiger partial charge in [0.1, 0.15) is 12.2 Å². The molecule has 3 aliphatic rings. The van der Waals surface area contributed by atoms with E-state index in [9.17, 15) is 14.7 Å². The lowest BCUT2D eigenvalue weighted by Crippen LogP contribution is -2.54. The van der Waals surface area contributed by atoms with E-state index in [0.29, 0.717) is 24.8 Å². The SMILES string of the molecule is C=C1C(=O)O[C@@H]2C[C@]3(C)[C@H](C[C@H]12)C(=C)[C@H](OC(=O)C(C)C)C[C@@H]3O. The van der Waals surface area contributed by atoms with Crippen LogP contribution in [0, 0.1) is 23.2 Å². The van der Waals surface area contributed by atoms with Crippen LogP contribution in [0.15, 0.2) is 24.3 Å².